The van der Waals surface area contributed by atoms with Crippen molar-refractivity contribution in [2.75, 3.05) is 55.8 Å². The summed E-state index contributed by atoms with van der Waals surface area (Å²) in [6, 6.07) is 5.73. The largest absolute Gasteiger partial charge is 0.508 e. The monoisotopic (exact) mass is 638 g/mol. The average Bonchev–Trinajstić information content (AvgIpc) is 3.94. The van der Waals surface area contributed by atoms with Crippen molar-refractivity contribution >= 4 is 34.1 Å². The Hall–Kier alpha value is -4.20. The van der Waals surface area contributed by atoms with Gasteiger partial charge in [-0.3, -0.25) is 4.90 Å². The van der Waals surface area contributed by atoms with E-state index in [-0.39, 0.29) is 34.7 Å². The molecule has 0 radical (unpaired) electrons. The average molecular weight is 639 g/mol. The van der Waals surface area contributed by atoms with Crippen LogP contribution in [0, 0.1) is 29.5 Å². The number of halogens is 2. The fourth-order valence-electron chi connectivity index (χ4n) is 8.90. The number of terminal acetylenes is 1. The fraction of sp³-hybridized carbons (Fsp3) is 0.459. The van der Waals surface area contributed by atoms with Crippen LogP contribution < -0.4 is 25.1 Å². The van der Waals surface area contributed by atoms with Crippen LogP contribution >= 0.6 is 0 Å². The van der Waals surface area contributed by atoms with Crippen molar-refractivity contribution in [1.82, 2.24) is 14.9 Å². The smallest absolute Gasteiger partial charge is 0.319 e. The van der Waals surface area contributed by atoms with Gasteiger partial charge in [0.2, 0.25) is 0 Å². The lowest BCUT2D eigenvalue weighted by Gasteiger charge is -2.37. The summed E-state index contributed by atoms with van der Waals surface area (Å²) in [5, 5.41) is 13.1. The van der Waals surface area contributed by atoms with Crippen LogP contribution in [-0.4, -0.2) is 83.7 Å². The van der Waals surface area contributed by atoms with Crippen LogP contribution in [0.3, 0.4) is 0 Å². The van der Waals surface area contributed by atoms with Gasteiger partial charge in [0.1, 0.15) is 30.1 Å². The van der Waals surface area contributed by atoms with Gasteiger partial charge in [-0.1, -0.05) is 30.2 Å². The highest BCUT2D eigenvalue weighted by Crippen LogP contribution is 2.66. The third-order valence-electron chi connectivity index (χ3n) is 11.5. The maximum absolute atomic E-state index is 15.1. The van der Waals surface area contributed by atoms with Gasteiger partial charge in [-0.15, -0.1) is 6.42 Å². The van der Waals surface area contributed by atoms with E-state index in [1.807, 2.05) is 22.8 Å². The maximum atomic E-state index is 15.1. The van der Waals surface area contributed by atoms with Gasteiger partial charge in [0.15, 0.2) is 0 Å². The molecule has 5 atom stereocenters. The van der Waals surface area contributed by atoms with Gasteiger partial charge in [-0.2, -0.15) is 9.97 Å². The minimum Gasteiger partial charge on any atom is -0.508 e. The lowest BCUT2D eigenvalue weighted by molar-refractivity contribution is 0.0645. The summed E-state index contributed by atoms with van der Waals surface area (Å²) in [7, 11) is 0. The summed E-state index contributed by atoms with van der Waals surface area (Å²) in [4.78, 5) is 16.2. The van der Waals surface area contributed by atoms with Gasteiger partial charge in [0, 0.05) is 47.9 Å². The van der Waals surface area contributed by atoms with Gasteiger partial charge in [-0.25, -0.2) is 8.78 Å². The van der Waals surface area contributed by atoms with Crippen molar-refractivity contribution in [2.24, 2.45) is 11.3 Å². The Balaban J connectivity index is 1.21. The second-order valence-electron chi connectivity index (χ2n) is 14.0. The summed E-state index contributed by atoms with van der Waals surface area (Å²) in [6.45, 7) is 8.50. The Morgan fingerprint density at radius 2 is 2.11 bits per heavy atom. The molecule has 1 N–H and O–H groups in total. The predicted molar refractivity (Wildman–Crippen MR) is 176 cm³/mol. The molecule has 47 heavy (non-hydrogen) atoms. The topological polar surface area (TPSA) is 74.2 Å². The zero-order chi connectivity index (χ0) is 33.1. The number of aromatic nitrogens is 2. The number of hydrogen-bond donors (Lipinski definition) is 1. The molecule has 3 aromatic rings. The highest BCUT2D eigenvalue weighted by molar-refractivity contribution is 6.02. The first-order valence-corrected chi connectivity index (χ1v) is 16.4. The van der Waals surface area contributed by atoms with Gasteiger partial charge in [-0.05, 0) is 62.1 Å². The number of benzene rings is 2. The molecule has 3 saturated heterocycles. The third kappa shape index (κ3) is 4.18. The molecule has 2 aromatic carbocycles. The molecule has 5 heterocycles. The van der Waals surface area contributed by atoms with Crippen LogP contribution in [0.4, 0.5) is 20.3 Å². The number of rotatable bonds is 5. The Kier molecular flexibility index (Phi) is 6.02. The van der Waals surface area contributed by atoms with E-state index in [4.69, 9.17) is 25.9 Å². The van der Waals surface area contributed by atoms with E-state index in [1.165, 1.54) is 6.07 Å². The van der Waals surface area contributed by atoms with Gasteiger partial charge in [0.25, 0.3) is 0 Å². The molecule has 2 saturated carbocycles. The minimum atomic E-state index is -1.03. The quantitative estimate of drug-likeness (QED) is 0.336. The van der Waals surface area contributed by atoms with E-state index in [0.29, 0.717) is 66.0 Å². The number of aromatic hydroxyl groups is 1. The number of alkyl halides is 1. The number of fused-ring (bicyclic) bond motifs is 5. The van der Waals surface area contributed by atoms with Crippen LogP contribution in [-0.2, 0) is 4.74 Å². The van der Waals surface area contributed by atoms with Crippen molar-refractivity contribution in [3.8, 4) is 24.1 Å². The minimum absolute atomic E-state index is 0.0148. The molecular formula is C37H37F2N5O3. The molecule has 10 heteroatoms. The summed E-state index contributed by atoms with van der Waals surface area (Å²) in [5.41, 5.74) is 2.00. The number of anilines is 2. The zero-order valence-electron chi connectivity index (χ0n) is 27.3. The lowest BCUT2D eigenvalue weighted by Crippen LogP contribution is -2.50. The van der Waals surface area contributed by atoms with Crippen LogP contribution in [0.15, 0.2) is 36.4 Å². The molecule has 0 bridgehead atoms. The van der Waals surface area contributed by atoms with Crippen LogP contribution in [0.5, 0.6) is 11.8 Å². The molecule has 5 fully saturated rings. The zero-order valence-corrected chi connectivity index (χ0v) is 26.3. The number of hydrogen-bond acceptors (Lipinski definition) is 8. The normalized spacial score (nSPS) is 29.8. The fourth-order valence-corrected chi connectivity index (χ4v) is 8.90. The molecule has 2 aliphatic carbocycles. The number of ether oxygens (including phenoxy) is 2. The lowest BCUT2D eigenvalue weighted by atomic mass is 9.80. The molecule has 1 spiro atoms. The SMILES string of the molecule is [2H]C(Oc1nc(N2CCOC[C@H]3[C@H](F)[C@H]32)c2c(n1)=C(C)N(c1cc(O)cc3ccc(F)c(C#C)c13)CC=2)[C@]12CC(=C)CN1CCC21CC1. The van der Waals surface area contributed by atoms with E-state index in [9.17, 15) is 10.9 Å². The first-order valence-electron chi connectivity index (χ1n) is 17.0. The van der Waals surface area contributed by atoms with E-state index in [2.05, 4.69) is 17.4 Å². The molecule has 4 aliphatic heterocycles. The predicted octanol–water partition coefficient (Wildman–Crippen LogP) is 3.62. The first-order chi connectivity index (χ1) is 23.2. The molecule has 9 rings (SSSR count). The van der Waals surface area contributed by atoms with E-state index >= 15 is 4.39 Å². The number of nitrogens with zero attached hydrogens (tertiary/aromatic N) is 5. The van der Waals surface area contributed by atoms with Crippen molar-refractivity contribution in [1.29, 1.82) is 0 Å². The number of phenols is 1. The van der Waals surface area contributed by atoms with Crippen molar-refractivity contribution < 1.29 is 24.7 Å². The van der Waals surface area contributed by atoms with E-state index < -0.39 is 24.1 Å². The molecule has 1 aromatic heterocycles. The Morgan fingerprint density at radius 3 is 2.91 bits per heavy atom. The van der Waals surface area contributed by atoms with Gasteiger partial charge >= 0.3 is 6.01 Å². The Morgan fingerprint density at radius 1 is 1.26 bits per heavy atom. The summed E-state index contributed by atoms with van der Waals surface area (Å²) < 4.78 is 51.9. The summed E-state index contributed by atoms with van der Waals surface area (Å²) >= 11 is 0. The van der Waals surface area contributed by atoms with Crippen molar-refractivity contribution in [3.05, 3.63) is 58.4 Å². The second-order valence-corrected chi connectivity index (χ2v) is 14.0. The molecule has 6 aliphatic rings. The Bertz CT molecular complexity index is 2080. The van der Waals surface area contributed by atoms with Crippen LogP contribution in [0.1, 0.15) is 39.5 Å². The van der Waals surface area contributed by atoms with E-state index in [1.54, 1.807) is 18.2 Å². The van der Waals surface area contributed by atoms with Crippen molar-refractivity contribution in [3.63, 3.8) is 0 Å². The standard InChI is InChI=1S/C37H37F2N5O3/c1-4-25-28(38)6-5-23-15-24(45)16-29(30(23)25)43-11-7-26-32(22(43)3)40-35(41-34(26)44-13-14-46-19-27-31(39)33(27)44)47-20-37-17-21(2)18-42(37)12-10-36(37)8-9-36/h1,5-7,15-16,27,31,33,45H,2,8-14,17-20H2,3H3/t27-,31-,33-,37-/m0/s1/i20D/t20?,27-,31-,33-,37-. The third-order valence-corrected chi connectivity index (χ3v) is 11.5. The first kappa shape index (κ1) is 27.9. The van der Waals surface area contributed by atoms with Gasteiger partial charge < -0.3 is 24.4 Å². The second kappa shape index (κ2) is 10.1. The van der Waals surface area contributed by atoms with Crippen LogP contribution in [0.2, 0.25) is 0 Å². The van der Waals surface area contributed by atoms with Crippen LogP contribution in [0.25, 0.3) is 22.5 Å². The molecule has 0 amide bonds. The number of phenolic OH excluding ortho intramolecular Hbond substituents is 1. The van der Waals surface area contributed by atoms with E-state index in [0.717, 1.165) is 43.1 Å². The molecule has 8 nitrogen and oxygen atoms in total. The Labute approximate surface area is 273 Å². The molecule has 242 valence electrons. The highest BCUT2D eigenvalue weighted by Gasteiger charge is 2.67. The summed E-state index contributed by atoms with van der Waals surface area (Å²) in [6.07, 6.45) is 10.6. The van der Waals surface area contributed by atoms with Gasteiger partial charge in [0.05, 0.1) is 42.8 Å². The highest BCUT2D eigenvalue weighted by atomic mass is 19.1. The van der Waals surface area contributed by atoms with Crippen molar-refractivity contribution in [2.45, 2.75) is 50.4 Å². The molecule has 1 unspecified atom stereocenters. The molecular weight excluding hydrogens is 600 g/mol. The summed E-state index contributed by atoms with van der Waals surface area (Å²) in [5.74, 6) is 2.30. The maximum Gasteiger partial charge on any atom is 0.319 e.